The molecule has 1 aliphatic heterocycles. The summed E-state index contributed by atoms with van der Waals surface area (Å²) in [5.74, 6) is 0.221. The molecule has 1 aliphatic rings. The van der Waals surface area contributed by atoms with Crippen molar-refractivity contribution in [1.29, 1.82) is 0 Å². The molecule has 1 heterocycles. The highest BCUT2D eigenvalue weighted by Crippen LogP contribution is 2.37. The number of hydrogen-bond acceptors (Lipinski definition) is 5. The number of piperidine rings is 1. The molecule has 0 radical (unpaired) electrons. The number of phenols is 1. The van der Waals surface area contributed by atoms with Crippen LogP contribution >= 0.6 is 0 Å². The van der Waals surface area contributed by atoms with E-state index >= 15 is 0 Å². The third kappa shape index (κ3) is 6.26. The van der Waals surface area contributed by atoms with Crippen molar-refractivity contribution in [3.8, 4) is 17.2 Å². The number of phenolic OH excluding ortho intramolecular Hbond substituents is 1. The number of carbonyl (C=O) groups is 1. The molecule has 32 heavy (non-hydrogen) atoms. The highest BCUT2D eigenvalue weighted by Gasteiger charge is 2.22. The lowest BCUT2D eigenvalue weighted by Gasteiger charge is -2.28. The summed E-state index contributed by atoms with van der Waals surface area (Å²) in [5, 5.41) is 13.8. The van der Waals surface area contributed by atoms with Crippen molar-refractivity contribution in [2.45, 2.75) is 38.6 Å². The molecule has 1 fully saturated rings. The van der Waals surface area contributed by atoms with E-state index in [0.29, 0.717) is 24.7 Å². The average Bonchev–Trinajstić information content (AvgIpc) is 2.82. The lowest BCUT2D eigenvalue weighted by Crippen LogP contribution is -2.40. The zero-order valence-electron chi connectivity index (χ0n) is 19.3. The Balaban J connectivity index is 1.83. The molecule has 1 amide bonds. The van der Waals surface area contributed by atoms with E-state index in [-0.39, 0.29) is 23.2 Å². The molecule has 2 aromatic carbocycles. The Morgan fingerprint density at radius 1 is 1.16 bits per heavy atom. The van der Waals surface area contributed by atoms with E-state index in [1.165, 1.54) is 27.1 Å². The first-order valence-electron chi connectivity index (χ1n) is 11.2. The van der Waals surface area contributed by atoms with Gasteiger partial charge in [0.05, 0.1) is 14.2 Å². The average molecular weight is 439 g/mol. The van der Waals surface area contributed by atoms with Gasteiger partial charge < -0.3 is 24.8 Å². The number of rotatable bonds is 9. The van der Waals surface area contributed by atoms with Crippen LogP contribution in [-0.4, -0.2) is 55.8 Å². The number of methoxy groups -OCH3 is 2. The van der Waals surface area contributed by atoms with E-state index in [2.05, 4.69) is 23.5 Å². The minimum absolute atomic E-state index is 0.107. The Morgan fingerprint density at radius 2 is 1.84 bits per heavy atom. The quantitative estimate of drug-likeness (QED) is 0.604. The molecule has 0 spiro atoms. The fraction of sp³-hybridized carbons (Fsp3) is 0.423. The fourth-order valence-electron chi connectivity index (χ4n) is 4.11. The van der Waals surface area contributed by atoms with Gasteiger partial charge in [0, 0.05) is 24.7 Å². The van der Waals surface area contributed by atoms with E-state index in [9.17, 15) is 9.90 Å². The van der Waals surface area contributed by atoms with Gasteiger partial charge in [-0.3, -0.25) is 4.79 Å². The lowest BCUT2D eigenvalue weighted by molar-refractivity contribution is 0.0761. The molecule has 0 aliphatic carbocycles. The van der Waals surface area contributed by atoms with Crippen LogP contribution in [0.5, 0.6) is 17.2 Å². The number of benzene rings is 2. The molecule has 1 unspecified atom stereocenters. The van der Waals surface area contributed by atoms with Crippen molar-refractivity contribution in [2.75, 3.05) is 33.9 Å². The van der Waals surface area contributed by atoms with Crippen LogP contribution in [0.2, 0.25) is 0 Å². The van der Waals surface area contributed by atoms with Crippen molar-refractivity contribution < 1.29 is 19.4 Å². The molecular weight excluding hydrogens is 404 g/mol. The van der Waals surface area contributed by atoms with Gasteiger partial charge in [-0.25, -0.2) is 0 Å². The van der Waals surface area contributed by atoms with E-state index in [1.54, 1.807) is 12.1 Å². The van der Waals surface area contributed by atoms with Gasteiger partial charge in [0.15, 0.2) is 11.5 Å². The SMILES string of the molecule is COc1cc(C(=O)N(CCC2CCCCN2)C/C(C)=C/c2ccccc2)cc(OC)c1O. The summed E-state index contributed by atoms with van der Waals surface area (Å²) < 4.78 is 10.5. The predicted molar refractivity (Wildman–Crippen MR) is 127 cm³/mol. The van der Waals surface area contributed by atoms with Gasteiger partial charge in [0.25, 0.3) is 5.91 Å². The predicted octanol–water partition coefficient (Wildman–Crippen LogP) is 4.49. The second kappa shape index (κ2) is 11.6. The number of ether oxygens (including phenoxy) is 2. The van der Waals surface area contributed by atoms with Crippen LogP contribution in [0.3, 0.4) is 0 Å². The van der Waals surface area contributed by atoms with Crippen LogP contribution in [-0.2, 0) is 0 Å². The second-order valence-corrected chi connectivity index (χ2v) is 8.29. The molecule has 0 bridgehead atoms. The van der Waals surface area contributed by atoms with Gasteiger partial charge in [-0.1, -0.05) is 48.4 Å². The van der Waals surface area contributed by atoms with E-state index in [4.69, 9.17) is 9.47 Å². The normalized spacial score (nSPS) is 16.5. The Morgan fingerprint density at radius 3 is 2.44 bits per heavy atom. The van der Waals surface area contributed by atoms with Crippen molar-refractivity contribution in [2.24, 2.45) is 0 Å². The largest absolute Gasteiger partial charge is 0.502 e. The third-order valence-corrected chi connectivity index (χ3v) is 5.83. The molecule has 6 nitrogen and oxygen atoms in total. The Hall–Kier alpha value is -2.99. The maximum atomic E-state index is 13.5. The topological polar surface area (TPSA) is 71.0 Å². The van der Waals surface area contributed by atoms with Gasteiger partial charge in [-0.15, -0.1) is 0 Å². The van der Waals surface area contributed by atoms with Gasteiger partial charge in [0.2, 0.25) is 5.75 Å². The third-order valence-electron chi connectivity index (χ3n) is 5.83. The molecule has 3 rings (SSSR count). The molecule has 172 valence electrons. The van der Waals surface area contributed by atoms with Crippen LogP contribution in [0.4, 0.5) is 0 Å². The smallest absolute Gasteiger partial charge is 0.254 e. The lowest BCUT2D eigenvalue weighted by atomic mass is 10.0. The Kier molecular flexibility index (Phi) is 8.56. The zero-order valence-corrected chi connectivity index (χ0v) is 19.3. The summed E-state index contributed by atoms with van der Waals surface area (Å²) in [6.45, 7) is 4.25. The van der Waals surface area contributed by atoms with E-state index in [1.807, 2.05) is 30.0 Å². The molecule has 1 saturated heterocycles. The van der Waals surface area contributed by atoms with Crippen molar-refractivity contribution >= 4 is 12.0 Å². The summed E-state index contributed by atoms with van der Waals surface area (Å²) in [5.41, 5.74) is 2.64. The Bertz CT molecular complexity index is 896. The van der Waals surface area contributed by atoms with Crippen LogP contribution in [0, 0.1) is 0 Å². The zero-order chi connectivity index (χ0) is 22.9. The monoisotopic (exact) mass is 438 g/mol. The maximum absolute atomic E-state index is 13.5. The number of carbonyl (C=O) groups excluding carboxylic acids is 1. The minimum Gasteiger partial charge on any atom is -0.502 e. The van der Waals surface area contributed by atoms with Crippen LogP contribution in [0.25, 0.3) is 6.08 Å². The summed E-state index contributed by atoms with van der Waals surface area (Å²) >= 11 is 0. The second-order valence-electron chi connectivity index (χ2n) is 8.29. The molecule has 6 heteroatoms. The summed E-state index contributed by atoms with van der Waals surface area (Å²) in [4.78, 5) is 15.4. The van der Waals surface area contributed by atoms with E-state index in [0.717, 1.165) is 30.5 Å². The van der Waals surface area contributed by atoms with Gasteiger partial charge in [-0.2, -0.15) is 0 Å². The Labute approximate surface area is 190 Å². The first-order valence-corrected chi connectivity index (χ1v) is 11.2. The molecule has 1 atom stereocenters. The van der Waals surface area contributed by atoms with Gasteiger partial charge >= 0.3 is 0 Å². The molecule has 2 aromatic rings. The molecule has 0 aromatic heterocycles. The molecular formula is C26H34N2O4. The fourth-order valence-corrected chi connectivity index (χ4v) is 4.11. The van der Waals surface area contributed by atoms with Crippen LogP contribution in [0.1, 0.15) is 48.5 Å². The van der Waals surface area contributed by atoms with Gasteiger partial charge in [-0.05, 0) is 50.4 Å². The number of hydrogen-bond donors (Lipinski definition) is 2. The molecule has 0 saturated carbocycles. The minimum atomic E-state index is -0.113. The van der Waals surface area contributed by atoms with Crippen LogP contribution in [0.15, 0.2) is 48.0 Å². The molecule has 2 N–H and O–H groups in total. The standard InChI is InChI=1S/C26H34N2O4/c1-19(15-20-9-5-4-6-10-20)18-28(14-12-22-11-7-8-13-27-22)26(30)21-16-23(31-2)25(29)24(17-21)32-3/h4-6,9-10,15-17,22,27,29H,7-8,11-14,18H2,1-3H3/b19-15+. The number of aromatic hydroxyl groups is 1. The summed E-state index contributed by atoms with van der Waals surface area (Å²) in [6.07, 6.45) is 6.59. The highest BCUT2D eigenvalue weighted by molar-refractivity contribution is 5.96. The highest BCUT2D eigenvalue weighted by atomic mass is 16.5. The summed E-state index contributed by atoms with van der Waals surface area (Å²) in [7, 11) is 2.92. The maximum Gasteiger partial charge on any atom is 0.254 e. The summed E-state index contributed by atoms with van der Waals surface area (Å²) in [6, 6.07) is 13.7. The van der Waals surface area contributed by atoms with Crippen molar-refractivity contribution in [3.63, 3.8) is 0 Å². The number of nitrogens with zero attached hydrogens (tertiary/aromatic N) is 1. The van der Waals surface area contributed by atoms with Crippen molar-refractivity contribution in [3.05, 3.63) is 59.2 Å². The van der Waals surface area contributed by atoms with E-state index < -0.39 is 0 Å². The first-order chi connectivity index (χ1) is 15.5. The van der Waals surface area contributed by atoms with Crippen LogP contribution < -0.4 is 14.8 Å². The number of nitrogens with one attached hydrogen (secondary N) is 1. The van der Waals surface area contributed by atoms with Crippen molar-refractivity contribution in [1.82, 2.24) is 10.2 Å². The van der Waals surface area contributed by atoms with Gasteiger partial charge in [0.1, 0.15) is 0 Å². The number of amides is 1. The first kappa shape index (κ1) is 23.7.